The number of hydrogen-bond acceptors (Lipinski definition) is 3. The summed E-state index contributed by atoms with van der Waals surface area (Å²) in [5, 5.41) is 16.4. The summed E-state index contributed by atoms with van der Waals surface area (Å²) < 4.78 is 0. The van der Waals surface area contributed by atoms with E-state index >= 15 is 0 Å². The fourth-order valence-corrected chi connectivity index (χ4v) is 2.58. The minimum absolute atomic E-state index is 0.179. The van der Waals surface area contributed by atoms with Crippen LogP contribution in [0.4, 0.5) is 0 Å². The summed E-state index contributed by atoms with van der Waals surface area (Å²) in [6.07, 6.45) is 1.46. The highest BCUT2D eigenvalue weighted by Crippen LogP contribution is 2.28. The van der Waals surface area contributed by atoms with Crippen LogP contribution in [0.3, 0.4) is 0 Å². The number of hydrogen-bond donors (Lipinski definition) is 2. The van der Waals surface area contributed by atoms with Crippen molar-refractivity contribution >= 4 is 17.3 Å². The molecular formula is C10H13NO2S. The number of carboxylic acids is 1. The van der Waals surface area contributed by atoms with Gasteiger partial charge in [0.2, 0.25) is 0 Å². The van der Waals surface area contributed by atoms with Crippen molar-refractivity contribution in [1.82, 2.24) is 5.32 Å². The lowest BCUT2D eigenvalue weighted by molar-refractivity contribution is -0.143. The van der Waals surface area contributed by atoms with Crippen LogP contribution in [-0.2, 0) is 4.79 Å². The van der Waals surface area contributed by atoms with Gasteiger partial charge in [0.1, 0.15) is 0 Å². The molecule has 4 heteroatoms. The molecule has 0 aliphatic carbocycles. The zero-order valence-electron chi connectivity index (χ0n) is 7.77. The van der Waals surface area contributed by atoms with E-state index in [9.17, 15) is 4.79 Å². The van der Waals surface area contributed by atoms with Gasteiger partial charge in [0.15, 0.2) is 0 Å². The van der Waals surface area contributed by atoms with E-state index < -0.39 is 5.97 Å². The highest BCUT2D eigenvalue weighted by molar-refractivity contribution is 7.07. The molecule has 0 saturated carbocycles. The summed E-state index contributed by atoms with van der Waals surface area (Å²) in [7, 11) is 0. The number of rotatable bonds is 2. The van der Waals surface area contributed by atoms with Crippen LogP contribution in [0.5, 0.6) is 0 Å². The van der Waals surface area contributed by atoms with Gasteiger partial charge in [-0.3, -0.25) is 4.79 Å². The van der Waals surface area contributed by atoms with Crippen LogP contribution in [0.25, 0.3) is 0 Å². The third-order valence-electron chi connectivity index (χ3n) is 2.70. The van der Waals surface area contributed by atoms with E-state index in [-0.39, 0.29) is 12.0 Å². The van der Waals surface area contributed by atoms with Gasteiger partial charge in [-0.15, -0.1) is 0 Å². The summed E-state index contributed by atoms with van der Waals surface area (Å²) in [6, 6.07) is 2.29. The van der Waals surface area contributed by atoms with Crippen LogP contribution in [0, 0.1) is 5.92 Å². The molecule has 1 aliphatic rings. The predicted molar refractivity (Wildman–Crippen MR) is 55.4 cm³/mol. The monoisotopic (exact) mass is 211 g/mol. The van der Waals surface area contributed by atoms with Crippen LogP contribution in [-0.4, -0.2) is 17.6 Å². The maximum Gasteiger partial charge on any atom is 0.306 e. The van der Waals surface area contributed by atoms with Crippen molar-refractivity contribution in [3.8, 4) is 0 Å². The van der Waals surface area contributed by atoms with E-state index in [1.807, 2.05) is 5.38 Å². The predicted octanol–water partition coefficient (Wildman–Crippen LogP) is 1.87. The number of carbonyl (C=O) groups is 1. The first-order valence-corrected chi connectivity index (χ1v) is 5.70. The van der Waals surface area contributed by atoms with Gasteiger partial charge in [0.05, 0.1) is 5.92 Å². The van der Waals surface area contributed by atoms with E-state index in [2.05, 4.69) is 16.8 Å². The van der Waals surface area contributed by atoms with E-state index in [1.165, 1.54) is 5.56 Å². The Kier molecular flexibility index (Phi) is 2.84. The smallest absolute Gasteiger partial charge is 0.306 e. The molecule has 1 aromatic heterocycles. The first-order chi connectivity index (χ1) is 6.77. The molecule has 0 amide bonds. The molecular weight excluding hydrogens is 198 g/mol. The second kappa shape index (κ2) is 4.11. The molecule has 0 radical (unpaired) electrons. The zero-order valence-corrected chi connectivity index (χ0v) is 8.59. The quantitative estimate of drug-likeness (QED) is 0.785. The van der Waals surface area contributed by atoms with Crippen LogP contribution >= 0.6 is 11.3 Å². The van der Waals surface area contributed by atoms with Crippen molar-refractivity contribution < 1.29 is 9.90 Å². The van der Waals surface area contributed by atoms with Gasteiger partial charge in [-0.1, -0.05) is 0 Å². The SMILES string of the molecule is O=C(O)C1CCNC(c2ccsc2)C1. The Morgan fingerprint density at radius 1 is 1.64 bits per heavy atom. The Balaban J connectivity index is 2.04. The Bertz CT molecular complexity index is 310. The van der Waals surface area contributed by atoms with Crippen molar-refractivity contribution in [2.45, 2.75) is 18.9 Å². The molecule has 2 rings (SSSR count). The van der Waals surface area contributed by atoms with E-state index in [1.54, 1.807) is 11.3 Å². The average molecular weight is 211 g/mol. The summed E-state index contributed by atoms with van der Waals surface area (Å²) in [4.78, 5) is 10.8. The van der Waals surface area contributed by atoms with E-state index in [0.717, 1.165) is 13.0 Å². The number of thiophene rings is 1. The highest BCUT2D eigenvalue weighted by Gasteiger charge is 2.27. The van der Waals surface area contributed by atoms with E-state index in [4.69, 9.17) is 5.11 Å². The number of carboxylic acid groups (broad SMARTS) is 1. The molecule has 2 atom stereocenters. The second-order valence-electron chi connectivity index (χ2n) is 3.62. The Hall–Kier alpha value is -0.870. The standard InChI is InChI=1S/C10H13NO2S/c12-10(13)7-1-3-11-9(5-7)8-2-4-14-6-8/h2,4,6-7,9,11H,1,3,5H2,(H,12,13). The van der Waals surface area contributed by atoms with Gasteiger partial charge in [0, 0.05) is 6.04 Å². The molecule has 3 nitrogen and oxygen atoms in total. The first kappa shape index (κ1) is 9.68. The van der Waals surface area contributed by atoms with Gasteiger partial charge >= 0.3 is 5.97 Å². The summed E-state index contributed by atoms with van der Waals surface area (Å²) in [6.45, 7) is 0.803. The maximum atomic E-state index is 10.8. The molecule has 2 heterocycles. The lowest BCUT2D eigenvalue weighted by Gasteiger charge is -2.27. The lowest BCUT2D eigenvalue weighted by atomic mass is 9.90. The number of piperidine rings is 1. The maximum absolute atomic E-state index is 10.8. The van der Waals surface area contributed by atoms with Gasteiger partial charge in [-0.25, -0.2) is 0 Å². The van der Waals surface area contributed by atoms with Crippen molar-refractivity contribution in [2.24, 2.45) is 5.92 Å². The average Bonchev–Trinajstić information content (AvgIpc) is 2.71. The van der Waals surface area contributed by atoms with Crippen molar-refractivity contribution in [2.75, 3.05) is 6.54 Å². The molecule has 0 bridgehead atoms. The normalized spacial score (nSPS) is 27.4. The summed E-state index contributed by atoms with van der Waals surface area (Å²) in [5.41, 5.74) is 1.22. The summed E-state index contributed by atoms with van der Waals surface area (Å²) >= 11 is 1.66. The van der Waals surface area contributed by atoms with Crippen molar-refractivity contribution in [1.29, 1.82) is 0 Å². The lowest BCUT2D eigenvalue weighted by Crippen LogP contribution is -2.34. The Morgan fingerprint density at radius 3 is 3.14 bits per heavy atom. The van der Waals surface area contributed by atoms with Crippen molar-refractivity contribution in [3.63, 3.8) is 0 Å². The van der Waals surface area contributed by atoms with Gasteiger partial charge in [-0.2, -0.15) is 11.3 Å². The second-order valence-corrected chi connectivity index (χ2v) is 4.40. The molecule has 1 fully saturated rings. The zero-order chi connectivity index (χ0) is 9.97. The summed E-state index contributed by atoms with van der Waals surface area (Å²) in [5.74, 6) is -0.840. The molecule has 14 heavy (non-hydrogen) atoms. The first-order valence-electron chi connectivity index (χ1n) is 4.75. The van der Waals surface area contributed by atoms with Crippen LogP contribution in [0.1, 0.15) is 24.4 Å². The fraction of sp³-hybridized carbons (Fsp3) is 0.500. The molecule has 1 saturated heterocycles. The minimum atomic E-state index is -0.660. The minimum Gasteiger partial charge on any atom is -0.481 e. The fourth-order valence-electron chi connectivity index (χ4n) is 1.87. The topological polar surface area (TPSA) is 49.3 Å². The third-order valence-corrected chi connectivity index (χ3v) is 3.40. The van der Waals surface area contributed by atoms with Crippen LogP contribution in [0.15, 0.2) is 16.8 Å². The molecule has 0 spiro atoms. The molecule has 1 aromatic rings. The third kappa shape index (κ3) is 1.96. The van der Waals surface area contributed by atoms with Gasteiger partial charge in [0.25, 0.3) is 0 Å². The molecule has 1 aliphatic heterocycles. The van der Waals surface area contributed by atoms with Gasteiger partial charge < -0.3 is 10.4 Å². The largest absolute Gasteiger partial charge is 0.481 e. The van der Waals surface area contributed by atoms with Gasteiger partial charge in [-0.05, 0) is 41.8 Å². The highest BCUT2D eigenvalue weighted by atomic mass is 32.1. The Morgan fingerprint density at radius 2 is 2.50 bits per heavy atom. The van der Waals surface area contributed by atoms with Crippen LogP contribution in [0.2, 0.25) is 0 Å². The van der Waals surface area contributed by atoms with Crippen molar-refractivity contribution in [3.05, 3.63) is 22.4 Å². The molecule has 2 unspecified atom stereocenters. The number of aliphatic carboxylic acids is 1. The molecule has 0 aromatic carbocycles. The molecule has 76 valence electrons. The van der Waals surface area contributed by atoms with E-state index in [0.29, 0.717) is 6.42 Å². The Labute approximate surface area is 86.8 Å². The number of nitrogens with one attached hydrogen (secondary N) is 1. The molecule has 2 N–H and O–H groups in total. The van der Waals surface area contributed by atoms with Crippen LogP contribution < -0.4 is 5.32 Å².